The molecule has 1 saturated heterocycles. The monoisotopic (exact) mass is 324 g/mol. The molecule has 0 aliphatic carbocycles. The third-order valence-electron chi connectivity index (χ3n) is 3.82. The van der Waals surface area contributed by atoms with Crippen molar-refractivity contribution in [2.24, 2.45) is 10.7 Å². The highest BCUT2D eigenvalue weighted by Gasteiger charge is 2.20. The van der Waals surface area contributed by atoms with Crippen LogP contribution in [-0.2, 0) is 16.6 Å². The molecule has 7 heteroatoms. The van der Waals surface area contributed by atoms with Crippen LogP contribution in [0.1, 0.15) is 24.8 Å². The van der Waals surface area contributed by atoms with Gasteiger partial charge in [-0.05, 0) is 30.9 Å². The maximum atomic E-state index is 12.3. The minimum atomic E-state index is -3.47. The molecule has 0 aromatic heterocycles. The number of nitrogens with zero attached hydrogens (tertiary/aromatic N) is 3. The van der Waals surface area contributed by atoms with Crippen LogP contribution in [0.4, 0.5) is 0 Å². The van der Waals surface area contributed by atoms with Crippen molar-refractivity contribution >= 4 is 16.0 Å². The van der Waals surface area contributed by atoms with Crippen LogP contribution >= 0.6 is 0 Å². The summed E-state index contributed by atoms with van der Waals surface area (Å²) < 4.78 is 25.9. The summed E-state index contributed by atoms with van der Waals surface area (Å²) in [6.45, 7) is 2.12. The van der Waals surface area contributed by atoms with E-state index in [2.05, 4.69) is 9.89 Å². The molecule has 1 aromatic rings. The molecule has 0 saturated carbocycles. The number of sulfonamides is 1. The predicted octanol–water partition coefficient (Wildman–Crippen LogP) is 1.24. The summed E-state index contributed by atoms with van der Waals surface area (Å²) in [6.07, 6.45) is 3.48. The average molecular weight is 324 g/mol. The van der Waals surface area contributed by atoms with Crippen molar-refractivity contribution in [2.75, 3.05) is 27.2 Å². The molecule has 1 heterocycles. The Morgan fingerprint density at radius 2 is 1.86 bits per heavy atom. The van der Waals surface area contributed by atoms with Gasteiger partial charge in [0.05, 0.1) is 11.4 Å². The topological polar surface area (TPSA) is 79.0 Å². The summed E-state index contributed by atoms with van der Waals surface area (Å²) in [4.78, 5) is 6.74. The Morgan fingerprint density at radius 1 is 1.23 bits per heavy atom. The quantitative estimate of drug-likeness (QED) is 0.667. The van der Waals surface area contributed by atoms with Crippen LogP contribution in [0.5, 0.6) is 0 Å². The lowest BCUT2D eigenvalue weighted by atomic mass is 10.1. The van der Waals surface area contributed by atoms with Crippen molar-refractivity contribution in [3.05, 3.63) is 29.8 Å². The molecule has 2 rings (SSSR count). The van der Waals surface area contributed by atoms with E-state index in [1.54, 1.807) is 18.2 Å². The van der Waals surface area contributed by atoms with Crippen LogP contribution in [0, 0.1) is 0 Å². The Balaban J connectivity index is 2.20. The molecule has 22 heavy (non-hydrogen) atoms. The molecule has 0 amide bonds. The van der Waals surface area contributed by atoms with E-state index in [-0.39, 0.29) is 11.4 Å². The van der Waals surface area contributed by atoms with Crippen molar-refractivity contribution < 1.29 is 8.42 Å². The standard InChI is InChI=1S/C15H24N4O2S/c1-18(2)22(20,21)14-9-5-4-8-13(14)12-17-15(16)19-10-6-3-7-11-19/h4-5,8-9H,3,6-7,10-12H2,1-2H3,(H2,16,17). The highest BCUT2D eigenvalue weighted by Crippen LogP contribution is 2.19. The number of aliphatic imine (C=N–C) groups is 1. The number of benzene rings is 1. The van der Waals surface area contributed by atoms with E-state index < -0.39 is 10.0 Å². The lowest BCUT2D eigenvalue weighted by Crippen LogP contribution is -2.40. The smallest absolute Gasteiger partial charge is 0.242 e. The van der Waals surface area contributed by atoms with E-state index in [0.717, 1.165) is 25.9 Å². The summed E-state index contributed by atoms with van der Waals surface area (Å²) in [5.74, 6) is 0.497. The summed E-state index contributed by atoms with van der Waals surface area (Å²) >= 11 is 0. The first-order valence-corrected chi connectivity index (χ1v) is 8.92. The molecule has 6 nitrogen and oxygen atoms in total. The Hall–Kier alpha value is -1.60. The first-order valence-electron chi connectivity index (χ1n) is 7.48. The maximum absolute atomic E-state index is 12.3. The SMILES string of the molecule is CN(C)S(=O)(=O)c1ccccc1CN=C(N)N1CCCCC1. The number of guanidine groups is 1. The molecule has 122 valence electrons. The van der Waals surface area contributed by atoms with Crippen molar-refractivity contribution in [3.63, 3.8) is 0 Å². The van der Waals surface area contributed by atoms with Crippen molar-refractivity contribution in [2.45, 2.75) is 30.7 Å². The number of nitrogens with two attached hydrogens (primary N) is 1. The lowest BCUT2D eigenvalue weighted by Gasteiger charge is -2.27. The van der Waals surface area contributed by atoms with Gasteiger partial charge in [0.1, 0.15) is 0 Å². The third-order valence-corrected chi connectivity index (χ3v) is 5.74. The average Bonchev–Trinajstić information content (AvgIpc) is 2.53. The van der Waals surface area contributed by atoms with E-state index in [0.29, 0.717) is 11.5 Å². The molecule has 0 radical (unpaired) electrons. The summed E-state index contributed by atoms with van der Waals surface area (Å²) in [5.41, 5.74) is 6.69. The second kappa shape index (κ2) is 7.11. The molecule has 1 aliphatic rings. The van der Waals surface area contributed by atoms with Gasteiger partial charge in [-0.2, -0.15) is 0 Å². The van der Waals surface area contributed by atoms with Crippen LogP contribution in [0.2, 0.25) is 0 Å². The van der Waals surface area contributed by atoms with Crippen LogP contribution in [-0.4, -0.2) is 50.8 Å². The van der Waals surface area contributed by atoms with Gasteiger partial charge >= 0.3 is 0 Å². The molecule has 2 N–H and O–H groups in total. The van der Waals surface area contributed by atoms with Gasteiger partial charge in [-0.25, -0.2) is 17.7 Å². The van der Waals surface area contributed by atoms with Gasteiger partial charge in [0.25, 0.3) is 0 Å². The Kier molecular flexibility index (Phi) is 5.42. The number of likely N-dealkylation sites (tertiary alicyclic amines) is 1. The highest BCUT2D eigenvalue weighted by molar-refractivity contribution is 7.89. The second-order valence-corrected chi connectivity index (χ2v) is 7.74. The number of hydrogen-bond acceptors (Lipinski definition) is 3. The van der Waals surface area contributed by atoms with Crippen molar-refractivity contribution in [1.82, 2.24) is 9.21 Å². The molecular formula is C15H24N4O2S. The minimum Gasteiger partial charge on any atom is -0.370 e. The van der Waals surface area contributed by atoms with Gasteiger partial charge in [-0.1, -0.05) is 18.2 Å². The fourth-order valence-electron chi connectivity index (χ4n) is 2.47. The number of rotatable bonds is 4. The number of hydrogen-bond donors (Lipinski definition) is 1. The van der Waals surface area contributed by atoms with Crippen LogP contribution in [0.3, 0.4) is 0 Å². The zero-order valence-electron chi connectivity index (χ0n) is 13.2. The van der Waals surface area contributed by atoms with Gasteiger partial charge in [0.2, 0.25) is 10.0 Å². The molecule has 1 fully saturated rings. The van der Waals surface area contributed by atoms with Gasteiger partial charge in [0.15, 0.2) is 5.96 Å². The normalized spacial score (nSPS) is 17.0. The zero-order valence-corrected chi connectivity index (χ0v) is 14.0. The van der Waals surface area contributed by atoms with E-state index >= 15 is 0 Å². The molecule has 0 atom stereocenters. The molecular weight excluding hydrogens is 300 g/mol. The van der Waals surface area contributed by atoms with E-state index in [1.165, 1.54) is 24.8 Å². The third kappa shape index (κ3) is 3.78. The van der Waals surface area contributed by atoms with Gasteiger partial charge < -0.3 is 10.6 Å². The Labute approximate surface area is 132 Å². The molecule has 1 aromatic carbocycles. The Bertz CT molecular complexity index is 635. The van der Waals surface area contributed by atoms with Crippen molar-refractivity contribution in [1.29, 1.82) is 0 Å². The molecule has 0 bridgehead atoms. The molecule has 0 unspecified atom stereocenters. The summed E-state index contributed by atoms with van der Waals surface area (Å²) in [6, 6.07) is 6.93. The first kappa shape index (κ1) is 16.8. The zero-order chi connectivity index (χ0) is 16.2. The van der Waals surface area contributed by atoms with Gasteiger partial charge in [0, 0.05) is 27.2 Å². The highest BCUT2D eigenvalue weighted by atomic mass is 32.2. The van der Waals surface area contributed by atoms with Gasteiger partial charge in [-0.3, -0.25) is 0 Å². The van der Waals surface area contributed by atoms with Crippen LogP contribution in [0.25, 0.3) is 0 Å². The largest absolute Gasteiger partial charge is 0.370 e. The first-order chi connectivity index (χ1) is 10.4. The minimum absolute atomic E-state index is 0.269. The summed E-state index contributed by atoms with van der Waals surface area (Å²) in [5, 5.41) is 0. The van der Waals surface area contributed by atoms with Crippen molar-refractivity contribution in [3.8, 4) is 0 Å². The fraction of sp³-hybridized carbons (Fsp3) is 0.533. The van der Waals surface area contributed by atoms with E-state index in [9.17, 15) is 8.42 Å². The second-order valence-electron chi connectivity index (χ2n) is 5.62. The van der Waals surface area contributed by atoms with Crippen LogP contribution < -0.4 is 5.73 Å². The molecule has 1 aliphatic heterocycles. The van der Waals surface area contributed by atoms with Gasteiger partial charge in [-0.15, -0.1) is 0 Å². The van der Waals surface area contributed by atoms with E-state index in [4.69, 9.17) is 5.73 Å². The summed E-state index contributed by atoms with van der Waals surface area (Å²) in [7, 11) is -0.420. The maximum Gasteiger partial charge on any atom is 0.242 e. The van der Waals surface area contributed by atoms with Crippen LogP contribution in [0.15, 0.2) is 34.2 Å². The molecule has 0 spiro atoms. The predicted molar refractivity (Wildman–Crippen MR) is 88.1 cm³/mol. The number of piperidine rings is 1. The Morgan fingerprint density at radius 3 is 2.50 bits per heavy atom. The fourth-order valence-corrected chi connectivity index (χ4v) is 3.58. The lowest BCUT2D eigenvalue weighted by molar-refractivity contribution is 0.338. The van der Waals surface area contributed by atoms with E-state index in [1.807, 2.05) is 6.07 Å².